The van der Waals surface area contributed by atoms with Crippen molar-refractivity contribution < 1.29 is 0 Å². The lowest BCUT2D eigenvalue weighted by molar-refractivity contribution is 0.788. The molecular formula is C2H3ClN4. The molecule has 1 aliphatic heterocycles. The summed E-state index contributed by atoms with van der Waals surface area (Å²) in [6, 6.07) is 0. The van der Waals surface area contributed by atoms with E-state index in [0.29, 0.717) is 5.88 Å². The molecule has 38 valence electrons. The smallest absolute Gasteiger partial charge is 0.137 e. The Kier molecular flexibility index (Phi) is 1.31. The Hall–Kier alpha value is -0.510. The molecule has 0 saturated heterocycles. The zero-order valence-electron chi connectivity index (χ0n) is 3.45. The fourth-order valence-corrected chi connectivity index (χ4v) is 0.374. The van der Waals surface area contributed by atoms with Crippen LogP contribution in [0.3, 0.4) is 0 Å². The van der Waals surface area contributed by atoms with Gasteiger partial charge in [0.15, 0.2) is 6.17 Å². The van der Waals surface area contributed by atoms with Crippen LogP contribution in [0.5, 0.6) is 0 Å². The van der Waals surface area contributed by atoms with Gasteiger partial charge < -0.3 is 0 Å². The molecule has 0 aromatic rings. The third-order valence-corrected chi connectivity index (χ3v) is 0.824. The maximum atomic E-state index is 5.30. The summed E-state index contributed by atoms with van der Waals surface area (Å²) in [4.78, 5) is 0. The molecule has 0 amide bonds. The number of nitrogens with zero attached hydrogens (tertiary/aromatic N) is 4. The summed E-state index contributed by atoms with van der Waals surface area (Å²) in [6.45, 7) is 0. The maximum Gasteiger partial charge on any atom is 0.198 e. The van der Waals surface area contributed by atoms with Crippen LogP contribution >= 0.6 is 11.6 Å². The molecule has 0 bridgehead atoms. The van der Waals surface area contributed by atoms with Crippen LogP contribution in [-0.4, -0.2) is 12.0 Å². The van der Waals surface area contributed by atoms with Crippen LogP contribution in [-0.2, 0) is 0 Å². The topological polar surface area (TPSA) is 49.4 Å². The van der Waals surface area contributed by atoms with Gasteiger partial charge in [0.2, 0.25) is 0 Å². The molecule has 0 N–H and O–H groups in total. The number of hydrogen-bond donors (Lipinski definition) is 0. The van der Waals surface area contributed by atoms with Gasteiger partial charge in [0.05, 0.1) is 5.88 Å². The van der Waals surface area contributed by atoms with Gasteiger partial charge in [-0.3, -0.25) is 0 Å². The fourth-order valence-electron chi connectivity index (χ4n) is 0.250. The molecule has 0 atom stereocenters. The summed E-state index contributed by atoms with van der Waals surface area (Å²) < 4.78 is 0. The van der Waals surface area contributed by atoms with Crippen molar-refractivity contribution in [2.75, 3.05) is 5.88 Å². The van der Waals surface area contributed by atoms with Crippen LogP contribution in [0, 0.1) is 0 Å². The van der Waals surface area contributed by atoms with E-state index in [2.05, 4.69) is 20.7 Å². The molecule has 0 saturated carbocycles. The van der Waals surface area contributed by atoms with Crippen molar-refractivity contribution in [2.45, 2.75) is 6.17 Å². The predicted molar refractivity (Wildman–Crippen MR) is 24.2 cm³/mol. The quantitative estimate of drug-likeness (QED) is 0.467. The van der Waals surface area contributed by atoms with Crippen LogP contribution in [0.4, 0.5) is 0 Å². The first-order valence-corrected chi connectivity index (χ1v) is 2.33. The molecule has 1 rings (SSSR count). The van der Waals surface area contributed by atoms with Crippen LogP contribution in [0.25, 0.3) is 0 Å². The van der Waals surface area contributed by atoms with E-state index in [1.54, 1.807) is 0 Å². The monoisotopic (exact) mass is 118 g/mol. The number of alkyl halides is 1. The van der Waals surface area contributed by atoms with E-state index in [0.717, 1.165) is 0 Å². The minimum absolute atomic E-state index is 0.221. The van der Waals surface area contributed by atoms with Crippen molar-refractivity contribution in [2.24, 2.45) is 20.7 Å². The van der Waals surface area contributed by atoms with Crippen molar-refractivity contribution in [3.63, 3.8) is 0 Å². The molecule has 0 aromatic carbocycles. The van der Waals surface area contributed by atoms with E-state index in [4.69, 9.17) is 11.6 Å². The second-order valence-corrected chi connectivity index (χ2v) is 1.35. The minimum atomic E-state index is -0.221. The Morgan fingerprint density at radius 2 is 1.86 bits per heavy atom. The zero-order chi connectivity index (χ0) is 5.11. The number of hydrogen-bond acceptors (Lipinski definition) is 4. The van der Waals surface area contributed by atoms with Gasteiger partial charge >= 0.3 is 0 Å². The zero-order valence-corrected chi connectivity index (χ0v) is 4.21. The van der Waals surface area contributed by atoms with Crippen LogP contribution < -0.4 is 0 Å². The Labute approximate surface area is 45.3 Å². The average molecular weight is 119 g/mol. The molecule has 1 heterocycles. The highest BCUT2D eigenvalue weighted by molar-refractivity contribution is 6.18. The third-order valence-electron chi connectivity index (χ3n) is 0.548. The maximum absolute atomic E-state index is 5.30. The predicted octanol–water partition coefficient (Wildman–Crippen LogP) is 1.38. The van der Waals surface area contributed by atoms with Gasteiger partial charge in [-0.2, -0.15) is 0 Å². The molecule has 5 heteroatoms. The van der Waals surface area contributed by atoms with Crippen molar-refractivity contribution in [1.29, 1.82) is 0 Å². The van der Waals surface area contributed by atoms with Gasteiger partial charge in [0, 0.05) is 0 Å². The standard InChI is InChI=1S/C2H3ClN4/c3-1-2-4-6-7-5-2/h2H,1H2. The first-order chi connectivity index (χ1) is 3.43. The fraction of sp³-hybridized carbons (Fsp3) is 1.00. The summed E-state index contributed by atoms with van der Waals surface area (Å²) in [7, 11) is 0. The summed E-state index contributed by atoms with van der Waals surface area (Å²) in [5, 5.41) is 13.5. The Balaban J connectivity index is 2.44. The van der Waals surface area contributed by atoms with E-state index >= 15 is 0 Å². The highest BCUT2D eigenvalue weighted by atomic mass is 35.5. The minimum Gasteiger partial charge on any atom is -0.137 e. The van der Waals surface area contributed by atoms with E-state index in [1.165, 1.54) is 0 Å². The molecular weight excluding hydrogens is 116 g/mol. The van der Waals surface area contributed by atoms with Gasteiger partial charge in [0.25, 0.3) is 0 Å². The molecule has 1 aliphatic rings. The van der Waals surface area contributed by atoms with E-state index in [-0.39, 0.29) is 6.17 Å². The molecule has 0 spiro atoms. The van der Waals surface area contributed by atoms with Gasteiger partial charge in [-0.15, -0.1) is 21.8 Å². The summed E-state index contributed by atoms with van der Waals surface area (Å²) in [5.74, 6) is 0.368. The van der Waals surface area contributed by atoms with Crippen LogP contribution in [0.2, 0.25) is 0 Å². The highest BCUT2D eigenvalue weighted by Crippen LogP contribution is 2.04. The number of rotatable bonds is 1. The Morgan fingerprint density at radius 3 is 2.14 bits per heavy atom. The molecule has 0 aromatic heterocycles. The molecule has 0 fully saturated rings. The second-order valence-electron chi connectivity index (χ2n) is 1.04. The van der Waals surface area contributed by atoms with Crippen molar-refractivity contribution in [3.8, 4) is 0 Å². The van der Waals surface area contributed by atoms with E-state index in [1.807, 2.05) is 0 Å². The second kappa shape index (κ2) is 1.97. The molecule has 0 unspecified atom stereocenters. The largest absolute Gasteiger partial charge is 0.198 e. The van der Waals surface area contributed by atoms with Gasteiger partial charge in [0.1, 0.15) is 0 Å². The molecule has 7 heavy (non-hydrogen) atoms. The summed E-state index contributed by atoms with van der Waals surface area (Å²) in [5.41, 5.74) is 0. The lowest BCUT2D eigenvalue weighted by atomic mass is 10.6. The first kappa shape index (κ1) is 4.64. The summed E-state index contributed by atoms with van der Waals surface area (Å²) in [6.07, 6.45) is -0.221. The summed E-state index contributed by atoms with van der Waals surface area (Å²) >= 11 is 5.30. The van der Waals surface area contributed by atoms with Crippen molar-refractivity contribution in [3.05, 3.63) is 0 Å². The van der Waals surface area contributed by atoms with Gasteiger partial charge in [-0.1, -0.05) is 0 Å². The Bertz CT molecular complexity index is 96.3. The SMILES string of the molecule is ClCC1N=NN=N1. The molecule has 0 radical (unpaired) electrons. The van der Waals surface area contributed by atoms with Crippen molar-refractivity contribution in [1.82, 2.24) is 0 Å². The normalized spacial score (nSPS) is 19.0. The van der Waals surface area contributed by atoms with E-state index in [9.17, 15) is 0 Å². The Morgan fingerprint density at radius 1 is 1.29 bits per heavy atom. The van der Waals surface area contributed by atoms with Crippen LogP contribution in [0.15, 0.2) is 20.7 Å². The average Bonchev–Trinajstić information content (AvgIpc) is 2.14. The first-order valence-electron chi connectivity index (χ1n) is 1.79. The van der Waals surface area contributed by atoms with Gasteiger partial charge in [-0.05, 0) is 10.4 Å². The van der Waals surface area contributed by atoms with E-state index < -0.39 is 0 Å². The third kappa shape index (κ3) is 0.928. The number of halogens is 1. The van der Waals surface area contributed by atoms with Crippen molar-refractivity contribution >= 4 is 11.6 Å². The highest BCUT2D eigenvalue weighted by Gasteiger charge is 2.04. The van der Waals surface area contributed by atoms with Gasteiger partial charge in [-0.25, -0.2) is 0 Å². The lowest BCUT2D eigenvalue weighted by Gasteiger charge is -1.85. The molecule has 0 aliphatic carbocycles. The molecule has 4 nitrogen and oxygen atoms in total. The van der Waals surface area contributed by atoms with Crippen LogP contribution in [0.1, 0.15) is 0 Å². The lowest BCUT2D eigenvalue weighted by Crippen LogP contribution is -1.95.